The van der Waals surface area contributed by atoms with Crippen LogP contribution in [0.5, 0.6) is 0 Å². The van der Waals surface area contributed by atoms with Gasteiger partial charge < -0.3 is 10.1 Å². The van der Waals surface area contributed by atoms with Gasteiger partial charge in [-0.25, -0.2) is 9.78 Å². The van der Waals surface area contributed by atoms with Crippen LogP contribution in [0.1, 0.15) is 15.9 Å². The number of esters is 1. The van der Waals surface area contributed by atoms with E-state index in [0.717, 1.165) is 5.56 Å². The number of nitrogens with one attached hydrogen (secondary N) is 1. The number of ether oxygens (including phenoxy) is 1. The van der Waals surface area contributed by atoms with Gasteiger partial charge in [-0.2, -0.15) is 0 Å². The van der Waals surface area contributed by atoms with E-state index < -0.39 is 11.9 Å². The van der Waals surface area contributed by atoms with Crippen molar-refractivity contribution in [3.63, 3.8) is 0 Å². The summed E-state index contributed by atoms with van der Waals surface area (Å²) in [4.78, 5) is 40.8. The predicted molar refractivity (Wildman–Crippen MR) is 102 cm³/mol. The quantitative estimate of drug-likeness (QED) is 0.697. The number of aryl methyl sites for hydroxylation is 1. The molecule has 2 aromatic carbocycles. The number of halogens is 1. The fraction of sp³-hybridized carbons (Fsp3) is 0.158. The standard InChI is InChI=1S/C19H16ClN3O4/c1-11-4-3-5-13-17(11)21-10-23(18(13)25)9-16(24)22-15-8-12(19(26)27-2)6-7-14(15)20/h3-8,10H,9H2,1-2H3,(H,22,24). The highest BCUT2D eigenvalue weighted by Gasteiger charge is 2.13. The summed E-state index contributed by atoms with van der Waals surface area (Å²) in [6.45, 7) is 1.62. The molecule has 8 heteroatoms. The number of amides is 1. The number of hydrogen-bond acceptors (Lipinski definition) is 5. The van der Waals surface area contributed by atoms with Gasteiger partial charge in [0.15, 0.2) is 0 Å². The Bertz CT molecular complexity index is 1110. The largest absolute Gasteiger partial charge is 0.465 e. The minimum absolute atomic E-state index is 0.242. The second-order valence-corrected chi connectivity index (χ2v) is 6.29. The molecule has 1 heterocycles. The number of para-hydroxylation sites is 1. The molecule has 0 bridgehead atoms. The van der Waals surface area contributed by atoms with Crippen molar-refractivity contribution in [2.45, 2.75) is 13.5 Å². The monoisotopic (exact) mass is 385 g/mol. The lowest BCUT2D eigenvalue weighted by Crippen LogP contribution is -2.28. The Balaban J connectivity index is 1.85. The topological polar surface area (TPSA) is 90.3 Å². The van der Waals surface area contributed by atoms with Crippen molar-refractivity contribution >= 4 is 40.1 Å². The minimum Gasteiger partial charge on any atom is -0.465 e. The van der Waals surface area contributed by atoms with Crippen molar-refractivity contribution in [1.29, 1.82) is 0 Å². The number of rotatable bonds is 4. The van der Waals surface area contributed by atoms with Crippen LogP contribution in [-0.2, 0) is 16.1 Å². The van der Waals surface area contributed by atoms with E-state index >= 15 is 0 Å². The van der Waals surface area contributed by atoms with E-state index in [1.807, 2.05) is 13.0 Å². The maximum atomic E-state index is 12.6. The van der Waals surface area contributed by atoms with Crippen molar-refractivity contribution in [2.24, 2.45) is 0 Å². The van der Waals surface area contributed by atoms with Gasteiger partial charge in [0.05, 0.1) is 40.6 Å². The number of aromatic nitrogens is 2. The number of anilines is 1. The Morgan fingerprint density at radius 2 is 2.04 bits per heavy atom. The molecule has 1 aromatic heterocycles. The molecule has 0 saturated carbocycles. The van der Waals surface area contributed by atoms with Crippen LogP contribution in [0.3, 0.4) is 0 Å². The van der Waals surface area contributed by atoms with Crippen LogP contribution in [0.25, 0.3) is 10.9 Å². The zero-order valence-corrected chi connectivity index (χ0v) is 15.4. The first-order valence-electron chi connectivity index (χ1n) is 8.03. The molecule has 0 radical (unpaired) electrons. The Labute approximate surface area is 159 Å². The summed E-state index contributed by atoms with van der Waals surface area (Å²) < 4.78 is 5.87. The molecule has 0 saturated heterocycles. The number of nitrogens with zero attached hydrogens (tertiary/aromatic N) is 2. The summed E-state index contributed by atoms with van der Waals surface area (Å²) in [6.07, 6.45) is 1.34. The van der Waals surface area contributed by atoms with Crippen molar-refractivity contribution in [2.75, 3.05) is 12.4 Å². The van der Waals surface area contributed by atoms with Gasteiger partial charge in [-0.1, -0.05) is 23.7 Å². The fourth-order valence-corrected chi connectivity index (χ4v) is 2.83. The number of fused-ring (bicyclic) bond motifs is 1. The zero-order valence-electron chi connectivity index (χ0n) is 14.7. The minimum atomic E-state index is -0.549. The average Bonchev–Trinajstić information content (AvgIpc) is 2.65. The van der Waals surface area contributed by atoms with Crippen molar-refractivity contribution in [3.05, 3.63) is 69.2 Å². The molecule has 3 aromatic rings. The molecule has 1 amide bonds. The molecule has 0 fully saturated rings. The van der Waals surface area contributed by atoms with E-state index in [2.05, 4.69) is 15.0 Å². The Kier molecular flexibility index (Phi) is 5.23. The average molecular weight is 386 g/mol. The van der Waals surface area contributed by atoms with Gasteiger partial charge in [0, 0.05) is 0 Å². The zero-order chi connectivity index (χ0) is 19.6. The van der Waals surface area contributed by atoms with Crippen LogP contribution < -0.4 is 10.9 Å². The number of hydrogen-bond donors (Lipinski definition) is 1. The summed E-state index contributed by atoms with van der Waals surface area (Å²) in [6, 6.07) is 9.69. The third kappa shape index (κ3) is 3.83. The number of carbonyl (C=O) groups is 2. The molecule has 7 nitrogen and oxygen atoms in total. The summed E-state index contributed by atoms with van der Waals surface area (Å²) in [5, 5.41) is 3.30. The van der Waals surface area contributed by atoms with Crippen LogP contribution in [0.4, 0.5) is 5.69 Å². The molecule has 138 valence electrons. The van der Waals surface area contributed by atoms with Gasteiger partial charge >= 0.3 is 5.97 Å². The molecule has 0 aliphatic heterocycles. The summed E-state index contributed by atoms with van der Waals surface area (Å²) >= 11 is 6.07. The van der Waals surface area contributed by atoms with E-state index in [-0.39, 0.29) is 28.4 Å². The molecule has 0 unspecified atom stereocenters. The first-order valence-corrected chi connectivity index (χ1v) is 8.41. The summed E-state index contributed by atoms with van der Waals surface area (Å²) in [5.74, 6) is -1.03. The highest BCUT2D eigenvalue weighted by atomic mass is 35.5. The van der Waals surface area contributed by atoms with E-state index in [0.29, 0.717) is 10.9 Å². The highest BCUT2D eigenvalue weighted by Crippen LogP contribution is 2.23. The van der Waals surface area contributed by atoms with Gasteiger partial charge in [-0.3, -0.25) is 14.2 Å². The molecule has 3 rings (SSSR count). The lowest BCUT2D eigenvalue weighted by molar-refractivity contribution is -0.116. The lowest BCUT2D eigenvalue weighted by atomic mass is 10.1. The van der Waals surface area contributed by atoms with Crippen LogP contribution >= 0.6 is 11.6 Å². The second kappa shape index (κ2) is 7.59. The van der Waals surface area contributed by atoms with Crippen molar-refractivity contribution in [1.82, 2.24) is 9.55 Å². The summed E-state index contributed by atoms with van der Waals surface area (Å²) in [5.41, 5.74) is 1.67. The summed E-state index contributed by atoms with van der Waals surface area (Å²) in [7, 11) is 1.26. The van der Waals surface area contributed by atoms with Crippen LogP contribution in [0.2, 0.25) is 5.02 Å². The van der Waals surface area contributed by atoms with Gasteiger partial charge in [0.1, 0.15) is 6.54 Å². The predicted octanol–water partition coefficient (Wildman–Crippen LogP) is 2.78. The lowest BCUT2D eigenvalue weighted by Gasteiger charge is -2.11. The molecule has 0 aliphatic rings. The molecule has 0 atom stereocenters. The second-order valence-electron chi connectivity index (χ2n) is 5.88. The van der Waals surface area contributed by atoms with Crippen molar-refractivity contribution in [3.8, 4) is 0 Å². The molecule has 1 N–H and O–H groups in total. The van der Waals surface area contributed by atoms with Crippen LogP contribution in [-0.4, -0.2) is 28.5 Å². The normalized spacial score (nSPS) is 10.6. The van der Waals surface area contributed by atoms with Gasteiger partial charge in [0.25, 0.3) is 5.56 Å². The van der Waals surface area contributed by atoms with E-state index in [4.69, 9.17) is 11.6 Å². The smallest absolute Gasteiger partial charge is 0.337 e. The first-order chi connectivity index (χ1) is 12.9. The molecule has 27 heavy (non-hydrogen) atoms. The van der Waals surface area contributed by atoms with Crippen LogP contribution in [0.15, 0.2) is 47.5 Å². The van der Waals surface area contributed by atoms with Crippen LogP contribution in [0, 0.1) is 6.92 Å². The number of methoxy groups -OCH3 is 1. The molecular formula is C19H16ClN3O4. The molecular weight excluding hydrogens is 370 g/mol. The van der Waals surface area contributed by atoms with Gasteiger partial charge in [-0.15, -0.1) is 0 Å². The Hall–Kier alpha value is -3.19. The Morgan fingerprint density at radius 3 is 2.78 bits per heavy atom. The van der Waals surface area contributed by atoms with E-state index in [9.17, 15) is 14.4 Å². The van der Waals surface area contributed by atoms with E-state index in [1.165, 1.54) is 36.2 Å². The third-order valence-corrected chi connectivity index (χ3v) is 4.36. The van der Waals surface area contributed by atoms with E-state index in [1.54, 1.807) is 12.1 Å². The van der Waals surface area contributed by atoms with Gasteiger partial charge in [0.2, 0.25) is 5.91 Å². The van der Waals surface area contributed by atoms with Crippen molar-refractivity contribution < 1.29 is 14.3 Å². The molecule has 0 spiro atoms. The number of benzene rings is 2. The third-order valence-electron chi connectivity index (χ3n) is 4.03. The Morgan fingerprint density at radius 1 is 1.26 bits per heavy atom. The SMILES string of the molecule is COC(=O)c1ccc(Cl)c(NC(=O)Cn2cnc3c(C)cccc3c2=O)c1. The fourth-order valence-electron chi connectivity index (χ4n) is 2.66. The molecule has 0 aliphatic carbocycles. The highest BCUT2D eigenvalue weighted by molar-refractivity contribution is 6.33. The number of carbonyl (C=O) groups excluding carboxylic acids is 2. The maximum Gasteiger partial charge on any atom is 0.337 e. The van der Waals surface area contributed by atoms with Gasteiger partial charge in [-0.05, 0) is 36.8 Å². The maximum absolute atomic E-state index is 12.6. The first kappa shape index (κ1) is 18.6.